The minimum absolute atomic E-state index is 0.0729. The van der Waals surface area contributed by atoms with Crippen LogP contribution in [0, 0.1) is 12.8 Å². The van der Waals surface area contributed by atoms with Gasteiger partial charge in [-0.1, -0.05) is 48.5 Å². The third kappa shape index (κ3) is 3.24. The fraction of sp³-hybridized carbons (Fsp3) is 0.364. The highest BCUT2D eigenvalue weighted by atomic mass is 16.2. The third-order valence-electron chi connectivity index (χ3n) is 5.59. The lowest BCUT2D eigenvalue weighted by molar-refractivity contribution is -0.134. The summed E-state index contributed by atoms with van der Waals surface area (Å²) in [5.74, 6) is 0.817. The zero-order chi connectivity index (χ0) is 18.1. The van der Waals surface area contributed by atoms with Gasteiger partial charge in [0.05, 0.1) is 0 Å². The highest BCUT2D eigenvalue weighted by molar-refractivity contribution is 5.95. The number of rotatable bonds is 3. The van der Waals surface area contributed by atoms with Gasteiger partial charge >= 0.3 is 0 Å². The van der Waals surface area contributed by atoms with Crippen LogP contribution in [0.15, 0.2) is 54.6 Å². The maximum absolute atomic E-state index is 12.8. The molecule has 2 aromatic carbocycles. The van der Waals surface area contributed by atoms with Crippen LogP contribution in [-0.4, -0.2) is 47.8 Å². The van der Waals surface area contributed by atoms with Gasteiger partial charge in [0, 0.05) is 37.7 Å². The number of amides is 2. The van der Waals surface area contributed by atoms with Crippen molar-refractivity contribution in [3.8, 4) is 0 Å². The number of piperazine rings is 1. The van der Waals surface area contributed by atoms with Gasteiger partial charge in [-0.05, 0) is 36.5 Å². The smallest absolute Gasteiger partial charge is 0.254 e. The van der Waals surface area contributed by atoms with E-state index < -0.39 is 0 Å². The number of hydrogen-bond acceptors (Lipinski definition) is 2. The standard InChI is InChI=1S/C22H24N2O2/c1-16-7-5-6-10-18(16)21(25)23-11-13-24(14-12-23)22(26)20-15-19(20)17-8-3-2-4-9-17/h2-10,19-20H,11-15H2,1H3. The molecule has 4 rings (SSSR count). The average Bonchev–Trinajstić information content (AvgIpc) is 3.49. The summed E-state index contributed by atoms with van der Waals surface area (Å²) < 4.78 is 0. The number of hydrogen-bond donors (Lipinski definition) is 0. The fourth-order valence-electron chi connectivity index (χ4n) is 3.88. The highest BCUT2D eigenvalue weighted by Gasteiger charge is 2.46. The summed E-state index contributed by atoms with van der Waals surface area (Å²) in [6.45, 7) is 4.45. The van der Waals surface area contributed by atoms with Crippen molar-refractivity contribution in [3.05, 3.63) is 71.3 Å². The Hall–Kier alpha value is -2.62. The Morgan fingerprint density at radius 2 is 1.46 bits per heavy atom. The number of benzene rings is 2. The van der Waals surface area contributed by atoms with Crippen molar-refractivity contribution in [2.45, 2.75) is 19.3 Å². The molecule has 2 unspecified atom stereocenters. The van der Waals surface area contributed by atoms with E-state index in [9.17, 15) is 9.59 Å². The predicted molar refractivity (Wildman–Crippen MR) is 101 cm³/mol. The zero-order valence-electron chi connectivity index (χ0n) is 15.1. The van der Waals surface area contributed by atoms with Crippen molar-refractivity contribution in [1.82, 2.24) is 9.80 Å². The molecule has 2 aliphatic rings. The molecule has 0 radical (unpaired) electrons. The summed E-state index contributed by atoms with van der Waals surface area (Å²) in [5, 5.41) is 0. The van der Waals surface area contributed by atoms with Crippen molar-refractivity contribution >= 4 is 11.8 Å². The van der Waals surface area contributed by atoms with Crippen LogP contribution in [0.1, 0.15) is 33.8 Å². The predicted octanol–water partition coefficient (Wildman–Crippen LogP) is 3.08. The van der Waals surface area contributed by atoms with Gasteiger partial charge in [-0.3, -0.25) is 9.59 Å². The Morgan fingerprint density at radius 3 is 2.15 bits per heavy atom. The monoisotopic (exact) mass is 348 g/mol. The van der Waals surface area contributed by atoms with Gasteiger partial charge in [-0.25, -0.2) is 0 Å². The summed E-state index contributed by atoms with van der Waals surface area (Å²) in [6, 6.07) is 18.0. The van der Waals surface area contributed by atoms with E-state index in [1.807, 2.05) is 59.2 Å². The first-order valence-corrected chi connectivity index (χ1v) is 9.34. The molecule has 4 nitrogen and oxygen atoms in total. The van der Waals surface area contributed by atoms with E-state index in [0.717, 1.165) is 17.5 Å². The first-order chi connectivity index (χ1) is 12.6. The molecule has 1 saturated carbocycles. The second kappa shape index (κ2) is 6.94. The molecule has 26 heavy (non-hydrogen) atoms. The van der Waals surface area contributed by atoms with E-state index in [2.05, 4.69) is 12.1 Å². The molecule has 2 aromatic rings. The molecule has 1 aliphatic carbocycles. The molecule has 0 aromatic heterocycles. The number of carbonyl (C=O) groups excluding carboxylic acids is 2. The van der Waals surface area contributed by atoms with Gasteiger partial charge in [0.2, 0.25) is 5.91 Å². The topological polar surface area (TPSA) is 40.6 Å². The lowest BCUT2D eigenvalue weighted by Gasteiger charge is -2.35. The van der Waals surface area contributed by atoms with Crippen molar-refractivity contribution < 1.29 is 9.59 Å². The molecule has 1 saturated heterocycles. The van der Waals surface area contributed by atoms with E-state index in [4.69, 9.17) is 0 Å². The van der Waals surface area contributed by atoms with Crippen molar-refractivity contribution in [1.29, 1.82) is 0 Å². The summed E-state index contributed by atoms with van der Waals surface area (Å²) in [5.41, 5.74) is 3.03. The average molecular weight is 348 g/mol. The lowest BCUT2D eigenvalue weighted by atomic mass is 10.1. The second-order valence-electron chi connectivity index (χ2n) is 7.29. The Morgan fingerprint density at radius 1 is 0.846 bits per heavy atom. The minimum Gasteiger partial charge on any atom is -0.339 e. The fourth-order valence-corrected chi connectivity index (χ4v) is 3.88. The van der Waals surface area contributed by atoms with Crippen LogP contribution in [0.25, 0.3) is 0 Å². The largest absolute Gasteiger partial charge is 0.339 e. The molecule has 134 valence electrons. The van der Waals surface area contributed by atoms with Gasteiger partial charge in [0.1, 0.15) is 0 Å². The normalized spacial score (nSPS) is 22.2. The van der Waals surface area contributed by atoms with E-state index in [0.29, 0.717) is 32.1 Å². The van der Waals surface area contributed by atoms with Gasteiger partial charge in [0.25, 0.3) is 5.91 Å². The summed E-state index contributed by atoms with van der Waals surface area (Å²) >= 11 is 0. The molecule has 4 heteroatoms. The summed E-state index contributed by atoms with van der Waals surface area (Å²) in [7, 11) is 0. The van der Waals surface area contributed by atoms with Crippen LogP contribution >= 0.6 is 0 Å². The van der Waals surface area contributed by atoms with Crippen LogP contribution in [0.3, 0.4) is 0 Å². The Balaban J connectivity index is 1.33. The van der Waals surface area contributed by atoms with Gasteiger partial charge in [-0.15, -0.1) is 0 Å². The molecule has 2 fully saturated rings. The highest BCUT2D eigenvalue weighted by Crippen LogP contribution is 2.48. The quantitative estimate of drug-likeness (QED) is 0.855. The lowest BCUT2D eigenvalue weighted by Crippen LogP contribution is -2.51. The van der Waals surface area contributed by atoms with E-state index >= 15 is 0 Å². The molecule has 1 aliphatic heterocycles. The molecular weight excluding hydrogens is 324 g/mol. The number of carbonyl (C=O) groups is 2. The van der Waals surface area contributed by atoms with Crippen LogP contribution in [-0.2, 0) is 4.79 Å². The number of aryl methyl sites for hydroxylation is 1. The van der Waals surface area contributed by atoms with Crippen LogP contribution < -0.4 is 0 Å². The van der Waals surface area contributed by atoms with Gasteiger partial charge < -0.3 is 9.80 Å². The minimum atomic E-state index is 0.0729. The first-order valence-electron chi connectivity index (χ1n) is 9.34. The Labute approximate surface area is 154 Å². The molecule has 2 atom stereocenters. The van der Waals surface area contributed by atoms with Gasteiger partial charge in [-0.2, -0.15) is 0 Å². The molecule has 0 bridgehead atoms. The zero-order valence-corrected chi connectivity index (χ0v) is 15.1. The number of nitrogens with zero attached hydrogens (tertiary/aromatic N) is 2. The van der Waals surface area contributed by atoms with Crippen molar-refractivity contribution in [2.24, 2.45) is 5.92 Å². The van der Waals surface area contributed by atoms with Gasteiger partial charge in [0.15, 0.2) is 0 Å². The Kier molecular flexibility index (Phi) is 4.49. The third-order valence-corrected chi connectivity index (χ3v) is 5.59. The first kappa shape index (κ1) is 16.8. The molecule has 0 N–H and O–H groups in total. The maximum atomic E-state index is 12.8. The second-order valence-corrected chi connectivity index (χ2v) is 7.29. The van der Waals surface area contributed by atoms with Crippen LogP contribution in [0.4, 0.5) is 0 Å². The summed E-state index contributed by atoms with van der Waals surface area (Å²) in [4.78, 5) is 29.3. The molecule has 1 heterocycles. The van der Waals surface area contributed by atoms with E-state index in [1.165, 1.54) is 5.56 Å². The summed E-state index contributed by atoms with van der Waals surface area (Å²) in [6.07, 6.45) is 0.950. The van der Waals surface area contributed by atoms with Crippen LogP contribution in [0.2, 0.25) is 0 Å². The Bertz CT molecular complexity index is 810. The molecule has 0 spiro atoms. The van der Waals surface area contributed by atoms with Crippen molar-refractivity contribution in [2.75, 3.05) is 26.2 Å². The maximum Gasteiger partial charge on any atom is 0.254 e. The van der Waals surface area contributed by atoms with Crippen LogP contribution in [0.5, 0.6) is 0 Å². The van der Waals surface area contributed by atoms with E-state index in [1.54, 1.807) is 0 Å². The van der Waals surface area contributed by atoms with Crippen molar-refractivity contribution in [3.63, 3.8) is 0 Å². The SMILES string of the molecule is Cc1ccccc1C(=O)N1CCN(C(=O)C2CC2c2ccccc2)CC1. The molecular formula is C22H24N2O2. The molecule has 2 amide bonds. The van der Waals surface area contributed by atoms with E-state index in [-0.39, 0.29) is 17.7 Å².